The van der Waals surface area contributed by atoms with E-state index < -0.39 is 0 Å². The summed E-state index contributed by atoms with van der Waals surface area (Å²) >= 11 is 0. The Morgan fingerprint density at radius 3 is 2.68 bits per heavy atom. The zero-order chi connectivity index (χ0) is 13.9. The lowest BCUT2D eigenvalue weighted by Gasteiger charge is -2.36. The third-order valence-corrected chi connectivity index (χ3v) is 4.67. The molecule has 1 aliphatic carbocycles. The van der Waals surface area contributed by atoms with Crippen molar-refractivity contribution in [2.75, 3.05) is 26.2 Å². The first-order chi connectivity index (χ1) is 8.98. The van der Waals surface area contributed by atoms with Crippen molar-refractivity contribution in [2.45, 2.75) is 52.6 Å². The van der Waals surface area contributed by atoms with E-state index in [0.717, 1.165) is 32.2 Å². The van der Waals surface area contributed by atoms with Crippen LogP contribution in [0, 0.1) is 11.3 Å². The van der Waals surface area contributed by atoms with Gasteiger partial charge in [-0.2, -0.15) is 0 Å². The van der Waals surface area contributed by atoms with Gasteiger partial charge >= 0.3 is 0 Å². The van der Waals surface area contributed by atoms with Gasteiger partial charge in [0.2, 0.25) is 0 Å². The Balaban J connectivity index is 1.86. The first-order valence-electron chi connectivity index (χ1n) is 7.65. The van der Waals surface area contributed by atoms with Crippen LogP contribution >= 0.6 is 0 Å². The molecular formula is C15H29N3O. The number of nitrogens with zero attached hydrogens (tertiary/aromatic N) is 2. The Morgan fingerprint density at radius 1 is 1.37 bits per heavy atom. The lowest BCUT2D eigenvalue weighted by molar-refractivity contribution is 0.00520. The third kappa shape index (κ3) is 4.10. The number of hydrogen-bond acceptors (Lipinski definition) is 2. The molecule has 0 spiro atoms. The fourth-order valence-corrected chi connectivity index (χ4v) is 3.02. The molecule has 2 rings (SSSR count). The van der Waals surface area contributed by atoms with Crippen molar-refractivity contribution < 1.29 is 4.74 Å². The number of nitrogens with two attached hydrogens (primary N) is 1. The summed E-state index contributed by atoms with van der Waals surface area (Å²) in [5.41, 5.74) is 6.49. The van der Waals surface area contributed by atoms with Gasteiger partial charge in [-0.25, -0.2) is 0 Å². The van der Waals surface area contributed by atoms with Crippen LogP contribution in [0.5, 0.6) is 0 Å². The second kappa shape index (κ2) is 6.12. The number of ether oxygens (including phenoxy) is 1. The van der Waals surface area contributed by atoms with Crippen LogP contribution in [0.25, 0.3) is 0 Å². The molecule has 110 valence electrons. The standard InChI is InChI=1S/C15H29N3O/c1-12-4-6-15(3,7-5-12)11-17-14(16)18-8-9-19-13(2)10-18/h12-13H,4-11H2,1-3H3,(H2,16,17). The van der Waals surface area contributed by atoms with E-state index in [1.54, 1.807) is 0 Å². The Labute approximate surface area is 117 Å². The summed E-state index contributed by atoms with van der Waals surface area (Å²) in [7, 11) is 0. The minimum atomic E-state index is 0.258. The van der Waals surface area contributed by atoms with E-state index in [1.165, 1.54) is 25.7 Å². The first kappa shape index (κ1) is 14.6. The molecule has 1 saturated heterocycles. The van der Waals surface area contributed by atoms with Gasteiger partial charge < -0.3 is 15.4 Å². The van der Waals surface area contributed by atoms with Gasteiger partial charge in [-0.15, -0.1) is 0 Å². The van der Waals surface area contributed by atoms with Gasteiger partial charge in [-0.05, 0) is 31.1 Å². The summed E-state index contributed by atoms with van der Waals surface area (Å²) < 4.78 is 5.53. The average molecular weight is 267 g/mol. The maximum absolute atomic E-state index is 6.13. The molecule has 0 aromatic heterocycles. The Bertz CT molecular complexity index is 321. The van der Waals surface area contributed by atoms with Crippen LogP contribution < -0.4 is 5.73 Å². The van der Waals surface area contributed by atoms with E-state index >= 15 is 0 Å². The molecule has 19 heavy (non-hydrogen) atoms. The van der Waals surface area contributed by atoms with Crippen LogP contribution in [0.1, 0.15) is 46.5 Å². The highest BCUT2D eigenvalue weighted by molar-refractivity contribution is 5.78. The smallest absolute Gasteiger partial charge is 0.191 e. The zero-order valence-corrected chi connectivity index (χ0v) is 12.7. The minimum absolute atomic E-state index is 0.258. The molecule has 1 saturated carbocycles. The van der Waals surface area contributed by atoms with E-state index in [0.29, 0.717) is 11.4 Å². The van der Waals surface area contributed by atoms with Crippen LogP contribution in [0.15, 0.2) is 4.99 Å². The molecule has 1 unspecified atom stereocenters. The van der Waals surface area contributed by atoms with Crippen LogP contribution in [0.3, 0.4) is 0 Å². The molecule has 1 atom stereocenters. The lowest BCUT2D eigenvalue weighted by atomic mass is 9.72. The van der Waals surface area contributed by atoms with Crippen LogP contribution in [-0.2, 0) is 4.74 Å². The van der Waals surface area contributed by atoms with Crippen LogP contribution in [0.4, 0.5) is 0 Å². The van der Waals surface area contributed by atoms with Crippen LogP contribution in [-0.4, -0.2) is 43.2 Å². The number of morpholine rings is 1. The number of rotatable bonds is 2. The zero-order valence-electron chi connectivity index (χ0n) is 12.7. The quantitative estimate of drug-likeness (QED) is 0.616. The normalized spacial score (nSPS) is 37.4. The molecule has 0 aromatic carbocycles. The van der Waals surface area contributed by atoms with Crippen molar-refractivity contribution >= 4 is 5.96 Å². The number of hydrogen-bond donors (Lipinski definition) is 1. The molecule has 4 nitrogen and oxygen atoms in total. The molecule has 4 heteroatoms. The molecule has 0 amide bonds. The van der Waals surface area contributed by atoms with Gasteiger partial charge in [0.1, 0.15) is 0 Å². The predicted molar refractivity (Wildman–Crippen MR) is 79.2 cm³/mol. The average Bonchev–Trinajstić information content (AvgIpc) is 2.40. The summed E-state index contributed by atoms with van der Waals surface area (Å²) in [5, 5.41) is 0. The topological polar surface area (TPSA) is 50.8 Å². The summed E-state index contributed by atoms with van der Waals surface area (Å²) in [4.78, 5) is 6.82. The van der Waals surface area contributed by atoms with Crippen LogP contribution in [0.2, 0.25) is 0 Å². The second-order valence-electron chi connectivity index (χ2n) is 6.80. The molecule has 0 aromatic rings. The maximum Gasteiger partial charge on any atom is 0.191 e. The monoisotopic (exact) mass is 267 g/mol. The van der Waals surface area contributed by atoms with Crippen molar-refractivity contribution in [3.05, 3.63) is 0 Å². The van der Waals surface area contributed by atoms with Crippen molar-refractivity contribution in [3.8, 4) is 0 Å². The van der Waals surface area contributed by atoms with Crippen molar-refractivity contribution in [2.24, 2.45) is 22.1 Å². The van der Waals surface area contributed by atoms with E-state index in [1.807, 2.05) is 0 Å². The molecule has 2 fully saturated rings. The highest BCUT2D eigenvalue weighted by atomic mass is 16.5. The molecule has 0 bridgehead atoms. The van der Waals surface area contributed by atoms with Gasteiger partial charge in [-0.1, -0.05) is 26.7 Å². The SMILES string of the molecule is CC1CCC(C)(CN=C(N)N2CCOC(C)C2)CC1. The fourth-order valence-electron chi connectivity index (χ4n) is 3.02. The highest BCUT2D eigenvalue weighted by Gasteiger charge is 2.29. The van der Waals surface area contributed by atoms with E-state index in [-0.39, 0.29) is 6.10 Å². The van der Waals surface area contributed by atoms with Gasteiger partial charge in [0.05, 0.1) is 12.7 Å². The summed E-state index contributed by atoms with van der Waals surface area (Å²) in [6.07, 6.45) is 5.49. The van der Waals surface area contributed by atoms with E-state index in [4.69, 9.17) is 10.5 Å². The molecule has 2 aliphatic rings. The Hall–Kier alpha value is -0.770. The van der Waals surface area contributed by atoms with Crippen molar-refractivity contribution in [3.63, 3.8) is 0 Å². The molecule has 1 aliphatic heterocycles. The predicted octanol–water partition coefficient (Wildman–Crippen LogP) is 2.24. The largest absolute Gasteiger partial charge is 0.375 e. The second-order valence-corrected chi connectivity index (χ2v) is 6.80. The molecule has 1 heterocycles. The van der Waals surface area contributed by atoms with Gasteiger partial charge in [0.15, 0.2) is 5.96 Å². The van der Waals surface area contributed by atoms with Crippen molar-refractivity contribution in [1.29, 1.82) is 0 Å². The molecule has 0 radical (unpaired) electrons. The fraction of sp³-hybridized carbons (Fsp3) is 0.933. The maximum atomic E-state index is 6.13. The molecule has 2 N–H and O–H groups in total. The Kier molecular flexibility index (Phi) is 4.71. The molecular weight excluding hydrogens is 238 g/mol. The van der Waals surface area contributed by atoms with E-state index in [2.05, 4.69) is 30.7 Å². The summed E-state index contributed by atoms with van der Waals surface area (Å²) in [6.45, 7) is 10.2. The highest BCUT2D eigenvalue weighted by Crippen LogP contribution is 2.38. The van der Waals surface area contributed by atoms with Gasteiger partial charge in [-0.3, -0.25) is 4.99 Å². The van der Waals surface area contributed by atoms with Crippen molar-refractivity contribution in [1.82, 2.24) is 4.90 Å². The summed E-state index contributed by atoms with van der Waals surface area (Å²) in [6, 6.07) is 0. The number of guanidine groups is 1. The van der Waals surface area contributed by atoms with E-state index in [9.17, 15) is 0 Å². The van der Waals surface area contributed by atoms with Gasteiger partial charge in [0.25, 0.3) is 0 Å². The third-order valence-electron chi connectivity index (χ3n) is 4.67. The lowest BCUT2D eigenvalue weighted by Crippen LogP contribution is -2.48. The number of aliphatic imine (C=N–C) groups is 1. The summed E-state index contributed by atoms with van der Waals surface area (Å²) in [5.74, 6) is 1.59. The Morgan fingerprint density at radius 2 is 2.05 bits per heavy atom. The first-order valence-corrected chi connectivity index (χ1v) is 7.65. The minimum Gasteiger partial charge on any atom is -0.375 e. The van der Waals surface area contributed by atoms with Gasteiger partial charge in [0, 0.05) is 19.6 Å².